The molecular formula is C11H13N. The Hall–Kier alpha value is -1.11. The first-order chi connectivity index (χ1) is 5.88. The Morgan fingerprint density at radius 1 is 1.17 bits per heavy atom. The van der Waals surface area contributed by atoms with Crippen LogP contribution in [0, 0.1) is 0 Å². The van der Waals surface area contributed by atoms with E-state index in [0.717, 1.165) is 0 Å². The molecule has 0 N–H and O–H groups in total. The summed E-state index contributed by atoms with van der Waals surface area (Å²) in [6.07, 6.45) is 7.58. The zero-order valence-electron chi connectivity index (χ0n) is 7.38. The summed E-state index contributed by atoms with van der Waals surface area (Å²) in [4.78, 5) is 4.02. The smallest absolute Gasteiger partial charge is 0.0273 e. The van der Waals surface area contributed by atoms with Gasteiger partial charge >= 0.3 is 0 Å². The largest absolute Gasteiger partial charge is 0.265 e. The fraction of sp³-hybridized carbons (Fsp3) is 0.364. The molecule has 0 atom stereocenters. The van der Waals surface area contributed by atoms with Gasteiger partial charge in [0.05, 0.1) is 0 Å². The lowest BCUT2D eigenvalue weighted by Gasteiger charge is -2.02. The highest BCUT2D eigenvalue weighted by Crippen LogP contribution is 2.32. The molecule has 1 aromatic heterocycles. The molecule has 1 aliphatic carbocycles. The van der Waals surface area contributed by atoms with Crippen molar-refractivity contribution in [2.45, 2.75) is 26.2 Å². The predicted molar refractivity (Wildman–Crippen MR) is 50.7 cm³/mol. The number of aromatic nitrogens is 1. The summed E-state index contributed by atoms with van der Waals surface area (Å²) in [5, 5.41) is 0. The molecule has 0 saturated heterocycles. The highest BCUT2D eigenvalue weighted by Gasteiger charge is 2.11. The van der Waals surface area contributed by atoms with Gasteiger partial charge in [-0.3, -0.25) is 4.98 Å². The minimum atomic E-state index is 1.25. The van der Waals surface area contributed by atoms with Crippen molar-refractivity contribution in [3.63, 3.8) is 0 Å². The summed E-state index contributed by atoms with van der Waals surface area (Å²) < 4.78 is 0. The van der Waals surface area contributed by atoms with Gasteiger partial charge in [-0.2, -0.15) is 0 Å². The second kappa shape index (κ2) is 3.10. The minimum Gasteiger partial charge on any atom is -0.265 e. The lowest BCUT2D eigenvalue weighted by molar-refractivity contribution is 0.910. The van der Waals surface area contributed by atoms with E-state index >= 15 is 0 Å². The van der Waals surface area contributed by atoms with Gasteiger partial charge in [-0.05, 0) is 49.5 Å². The van der Waals surface area contributed by atoms with Gasteiger partial charge in [0.2, 0.25) is 0 Å². The Balaban J connectivity index is 2.37. The van der Waals surface area contributed by atoms with Gasteiger partial charge in [-0.25, -0.2) is 0 Å². The third-order valence-electron chi connectivity index (χ3n) is 2.52. The number of hydrogen-bond donors (Lipinski definition) is 0. The number of rotatable bonds is 1. The van der Waals surface area contributed by atoms with E-state index in [9.17, 15) is 0 Å². The fourth-order valence-corrected chi connectivity index (χ4v) is 1.84. The van der Waals surface area contributed by atoms with Crippen LogP contribution in [-0.2, 0) is 0 Å². The van der Waals surface area contributed by atoms with E-state index in [2.05, 4.69) is 24.0 Å². The standard InChI is InChI=1S/C11H13N/c1-9-3-2-4-11(9)10-5-7-12-8-6-10/h5-8H,2-4H2,1H3. The molecule has 0 amide bonds. The van der Waals surface area contributed by atoms with Crippen molar-refractivity contribution in [2.24, 2.45) is 0 Å². The predicted octanol–water partition coefficient (Wildman–Crippen LogP) is 3.04. The van der Waals surface area contributed by atoms with Crippen LogP contribution in [0.4, 0.5) is 0 Å². The van der Waals surface area contributed by atoms with Crippen LogP contribution in [0.2, 0.25) is 0 Å². The van der Waals surface area contributed by atoms with E-state index in [1.54, 1.807) is 5.57 Å². The molecule has 12 heavy (non-hydrogen) atoms. The number of nitrogens with zero attached hydrogens (tertiary/aromatic N) is 1. The molecule has 0 aliphatic heterocycles. The van der Waals surface area contributed by atoms with E-state index in [0.29, 0.717) is 0 Å². The number of pyridine rings is 1. The molecule has 2 rings (SSSR count). The molecule has 0 spiro atoms. The molecule has 0 saturated carbocycles. The average Bonchev–Trinajstić information content (AvgIpc) is 2.53. The second-order valence-electron chi connectivity index (χ2n) is 3.35. The van der Waals surface area contributed by atoms with Crippen LogP contribution in [0.15, 0.2) is 30.1 Å². The van der Waals surface area contributed by atoms with E-state index < -0.39 is 0 Å². The quantitative estimate of drug-likeness (QED) is 0.613. The molecule has 1 aromatic rings. The van der Waals surface area contributed by atoms with Crippen molar-refractivity contribution < 1.29 is 0 Å². The maximum atomic E-state index is 4.02. The molecule has 1 heterocycles. The summed E-state index contributed by atoms with van der Waals surface area (Å²) in [5.41, 5.74) is 4.46. The van der Waals surface area contributed by atoms with Crippen LogP contribution < -0.4 is 0 Å². The summed E-state index contributed by atoms with van der Waals surface area (Å²) >= 11 is 0. The lowest BCUT2D eigenvalue weighted by atomic mass is 10.0. The van der Waals surface area contributed by atoms with E-state index in [-0.39, 0.29) is 0 Å². The van der Waals surface area contributed by atoms with Crippen molar-refractivity contribution >= 4 is 5.57 Å². The molecule has 0 radical (unpaired) electrons. The van der Waals surface area contributed by atoms with Crippen LogP contribution in [0.25, 0.3) is 5.57 Å². The zero-order chi connectivity index (χ0) is 8.39. The highest BCUT2D eigenvalue weighted by atomic mass is 14.6. The van der Waals surface area contributed by atoms with Crippen LogP contribution in [-0.4, -0.2) is 4.98 Å². The number of allylic oxidation sites excluding steroid dienone is 2. The zero-order valence-corrected chi connectivity index (χ0v) is 7.38. The molecule has 1 aliphatic rings. The van der Waals surface area contributed by atoms with Crippen molar-refractivity contribution in [1.82, 2.24) is 4.98 Å². The molecular weight excluding hydrogens is 146 g/mol. The van der Waals surface area contributed by atoms with Crippen molar-refractivity contribution in [3.8, 4) is 0 Å². The van der Waals surface area contributed by atoms with E-state index in [4.69, 9.17) is 0 Å². The second-order valence-corrected chi connectivity index (χ2v) is 3.35. The molecule has 1 heteroatoms. The Morgan fingerprint density at radius 2 is 1.92 bits per heavy atom. The van der Waals surface area contributed by atoms with Crippen molar-refractivity contribution in [2.75, 3.05) is 0 Å². The van der Waals surface area contributed by atoms with Crippen LogP contribution in [0.5, 0.6) is 0 Å². The topological polar surface area (TPSA) is 12.9 Å². The van der Waals surface area contributed by atoms with Gasteiger partial charge < -0.3 is 0 Å². The summed E-state index contributed by atoms with van der Waals surface area (Å²) in [6, 6.07) is 4.20. The average molecular weight is 159 g/mol. The summed E-state index contributed by atoms with van der Waals surface area (Å²) in [5.74, 6) is 0. The van der Waals surface area contributed by atoms with Gasteiger partial charge in [0.25, 0.3) is 0 Å². The molecule has 1 nitrogen and oxygen atoms in total. The van der Waals surface area contributed by atoms with Gasteiger partial charge in [0, 0.05) is 12.4 Å². The Kier molecular flexibility index (Phi) is 1.94. The van der Waals surface area contributed by atoms with Crippen molar-refractivity contribution in [3.05, 3.63) is 35.7 Å². The first kappa shape index (κ1) is 7.53. The van der Waals surface area contributed by atoms with Crippen LogP contribution in [0.3, 0.4) is 0 Å². The molecule has 0 unspecified atom stereocenters. The molecule has 0 bridgehead atoms. The number of hydrogen-bond acceptors (Lipinski definition) is 1. The molecule has 0 aromatic carbocycles. The Bertz CT molecular complexity index is 298. The monoisotopic (exact) mass is 159 g/mol. The fourth-order valence-electron chi connectivity index (χ4n) is 1.84. The first-order valence-electron chi connectivity index (χ1n) is 4.47. The Labute approximate surface area is 73.1 Å². The van der Waals surface area contributed by atoms with Gasteiger partial charge in [0.1, 0.15) is 0 Å². The van der Waals surface area contributed by atoms with E-state index in [1.165, 1.54) is 30.4 Å². The van der Waals surface area contributed by atoms with Gasteiger partial charge in [0.15, 0.2) is 0 Å². The maximum absolute atomic E-state index is 4.02. The Morgan fingerprint density at radius 3 is 2.50 bits per heavy atom. The maximum Gasteiger partial charge on any atom is 0.0273 e. The molecule has 0 fully saturated rings. The summed E-state index contributed by atoms with van der Waals surface area (Å²) in [6.45, 7) is 2.24. The van der Waals surface area contributed by atoms with Crippen LogP contribution in [0.1, 0.15) is 31.7 Å². The molecule has 62 valence electrons. The van der Waals surface area contributed by atoms with E-state index in [1.807, 2.05) is 12.4 Å². The van der Waals surface area contributed by atoms with Crippen molar-refractivity contribution in [1.29, 1.82) is 0 Å². The van der Waals surface area contributed by atoms with Gasteiger partial charge in [-0.15, -0.1) is 0 Å². The normalized spacial score (nSPS) is 17.1. The lowest BCUT2D eigenvalue weighted by Crippen LogP contribution is -1.82. The minimum absolute atomic E-state index is 1.25. The third-order valence-corrected chi connectivity index (χ3v) is 2.52. The van der Waals surface area contributed by atoms with Gasteiger partial charge in [-0.1, -0.05) is 5.57 Å². The third kappa shape index (κ3) is 1.27. The SMILES string of the molecule is CC1=C(c2ccncc2)CCC1. The summed E-state index contributed by atoms with van der Waals surface area (Å²) in [7, 11) is 0. The first-order valence-corrected chi connectivity index (χ1v) is 4.47. The van der Waals surface area contributed by atoms with Crippen LogP contribution >= 0.6 is 0 Å². The highest BCUT2D eigenvalue weighted by molar-refractivity contribution is 5.69.